The van der Waals surface area contributed by atoms with Crippen molar-refractivity contribution in [3.63, 3.8) is 0 Å². The molecule has 0 atom stereocenters. The van der Waals surface area contributed by atoms with Gasteiger partial charge in [-0.3, -0.25) is 4.68 Å². The molecule has 110 valence electrons. The number of nitriles is 1. The van der Waals surface area contributed by atoms with Crippen molar-refractivity contribution in [1.29, 1.82) is 5.26 Å². The third-order valence-electron chi connectivity index (χ3n) is 3.31. The third kappa shape index (κ3) is 4.14. The van der Waals surface area contributed by atoms with Crippen molar-refractivity contribution in [2.24, 2.45) is 0 Å². The van der Waals surface area contributed by atoms with E-state index in [1.807, 2.05) is 17.7 Å². The fourth-order valence-electron chi connectivity index (χ4n) is 2.26. The van der Waals surface area contributed by atoms with Crippen LogP contribution in [-0.4, -0.2) is 16.3 Å². The highest BCUT2D eigenvalue weighted by atomic mass is 19.1. The summed E-state index contributed by atoms with van der Waals surface area (Å²) >= 11 is 0. The van der Waals surface area contributed by atoms with Crippen LogP contribution in [0.1, 0.15) is 28.9 Å². The normalized spacial score (nSPS) is 10.6. The molecule has 2 aromatic rings. The van der Waals surface area contributed by atoms with Crippen LogP contribution in [-0.2, 0) is 13.1 Å². The largest absolute Gasteiger partial charge is 0.313 e. The van der Waals surface area contributed by atoms with Gasteiger partial charge in [-0.15, -0.1) is 0 Å². The summed E-state index contributed by atoms with van der Waals surface area (Å²) < 4.78 is 15.2. The zero-order valence-electron chi connectivity index (χ0n) is 12.4. The number of hydrogen-bond donors (Lipinski definition) is 1. The van der Waals surface area contributed by atoms with Crippen LogP contribution >= 0.6 is 0 Å². The number of aryl methyl sites for hydroxylation is 3. The van der Waals surface area contributed by atoms with Crippen LogP contribution in [0, 0.1) is 31.0 Å². The minimum atomic E-state index is -0.467. The molecule has 0 aliphatic carbocycles. The Kier molecular flexibility index (Phi) is 5.07. The molecule has 0 amide bonds. The fourth-order valence-corrected chi connectivity index (χ4v) is 2.26. The highest BCUT2D eigenvalue weighted by Crippen LogP contribution is 2.09. The van der Waals surface area contributed by atoms with Gasteiger partial charge in [-0.1, -0.05) is 6.07 Å². The van der Waals surface area contributed by atoms with E-state index in [1.54, 1.807) is 12.1 Å². The minimum absolute atomic E-state index is 0.0944. The molecule has 0 unspecified atom stereocenters. The summed E-state index contributed by atoms with van der Waals surface area (Å²) in [7, 11) is 0. The van der Waals surface area contributed by atoms with Gasteiger partial charge in [0.2, 0.25) is 0 Å². The molecular formula is C16H19FN4. The van der Waals surface area contributed by atoms with Crippen LogP contribution in [0.2, 0.25) is 0 Å². The topological polar surface area (TPSA) is 53.6 Å². The Morgan fingerprint density at radius 2 is 2.14 bits per heavy atom. The molecule has 0 radical (unpaired) electrons. The smallest absolute Gasteiger partial charge is 0.140 e. The number of nitrogens with one attached hydrogen (secondary N) is 1. The van der Waals surface area contributed by atoms with Gasteiger partial charge in [0.05, 0.1) is 11.3 Å². The number of aromatic nitrogens is 2. The van der Waals surface area contributed by atoms with Crippen molar-refractivity contribution in [1.82, 2.24) is 15.1 Å². The van der Waals surface area contributed by atoms with Gasteiger partial charge in [0.1, 0.15) is 11.9 Å². The predicted molar refractivity (Wildman–Crippen MR) is 79.1 cm³/mol. The molecular weight excluding hydrogens is 267 g/mol. The molecule has 1 aromatic carbocycles. The highest BCUT2D eigenvalue weighted by molar-refractivity contribution is 5.34. The Balaban J connectivity index is 1.75. The van der Waals surface area contributed by atoms with E-state index in [-0.39, 0.29) is 5.56 Å². The van der Waals surface area contributed by atoms with Gasteiger partial charge in [-0.2, -0.15) is 10.4 Å². The molecule has 21 heavy (non-hydrogen) atoms. The van der Waals surface area contributed by atoms with Crippen LogP contribution in [0.15, 0.2) is 24.3 Å². The lowest BCUT2D eigenvalue weighted by Crippen LogP contribution is -2.17. The summed E-state index contributed by atoms with van der Waals surface area (Å²) in [5, 5.41) is 16.5. The van der Waals surface area contributed by atoms with E-state index in [4.69, 9.17) is 5.26 Å². The summed E-state index contributed by atoms with van der Waals surface area (Å²) in [5.41, 5.74) is 3.22. The third-order valence-corrected chi connectivity index (χ3v) is 3.31. The van der Waals surface area contributed by atoms with Crippen molar-refractivity contribution in [2.75, 3.05) is 6.54 Å². The average molecular weight is 286 g/mol. The Morgan fingerprint density at radius 3 is 2.81 bits per heavy atom. The summed E-state index contributed by atoms with van der Waals surface area (Å²) in [5.74, 6) is -0.467. The molecule has 4 nitrogen and oxygen atoms in total. The van der Waals surface area contributed by atoms with Crippen molar-refractivity contribution in [3.05, 3.63) is 52.6 Å². The molecule has 0 saturated heterocycles. The SMILES string of the molecule is Cc1cc(C)n(CCCNCc2ccc(F)c(C#N)c2)n1. The second-order valence-corrected chi connectivity index (χ2v) is 5.11. The zero-order chi connectivity index (χ0) is 15.2. The van der Waals surface area contributed by atoms with Crippen molar-refractivity contribution in [3.8, 4) is 6.07 Å². The Morgan fingerprint density at radius 1 is 1.33 bits per heavy atom. The summed E-state index contributed by atoms with van der Waals surface area (Å²) in [6.07, 6.45) is 0.967. The quantitative estimate of drug-likeness (QED) is 0.831. The van der Waals surface area contributed by atoms with Gasteiger partial charge in [0.25, 0.3) is 0 Å². The molecule has 0 aliphatic heterocycles. The van der Waals surface area contributed by atoms with Gasteiger partial charge in [0, 0.05) is 18.8 Å². The molecule has 1 heterocycles. The van der Waals surface area contributed by atoms with E-state index in [9.17, 15) is 4.39 Å². The number of rotatable bonds is 6. The number of halogens is 1. The lowest BCUT2D eigenvalue weighted by molar-refractivity contribution is 0.532. The van der Waals surface area contributed by atoms with E-state index < -0.39 is 5.82 Å². The lowest BCUT2D eigenvalue weighted by Gasteiger charge is -2.07. The van der Waals surface area contributed by atoms with Crippen LogP contribution in [0.4, 0.5) is 4.39 Å². The molecule has 0 bridgehead atoms. The summed E-state index contributed by atoms with van der Waals surface area (Å²) in [6.45, 7) is 6.39. The van der Waals surface area contributed by atoms with Crippen molar-refractivity contribution < 1.29 is 4.39 Å². The zero-order valence-corrected chi connectivity index (χ0v) is 12.4. The molecule has 2 rings (SSSR count). The molecule has 1 aromatic heterocycles. The van der Waals surface area contributed by atoms with E-state index in [0.717, 1.165) is 30.8 Å². The maximum absolute atomic E-state index is 13.2. The predicted octanol–water partition coefficient (Wildman–Crippen LogP) is 2.69. The molecule has 0 spiro atoms. The van der Waals surface area contributed by atoms with Gasteiger partial charge in [0.15, 0.2) is 0 Å². The van der Waals surface area contributed by atoms with E-state index in [1.165, 1.54) is 11.8 Å². The first-order valence-electron chi connectivity index (χ1n) is 7.00. The van der Waals surface area contributed by atoms with E-state index in [0.29, 0.717) is 6.54 Å². The Labute approximate surface area is 124 Å². The maximum Gasteiger partial charge on any atom is 0.140 e. The number of nitrogens with zero attached hydrogens (tertiary/aromatic N) is 3. The van der Waals surface area contributed by atoms with Crippen molar-refractivity contribution >= 4 is 0 Å². The molecule has 1 N–H and O–H groups in total. The number of hydrogen-bond acceptors (Lipinski definition) is 3. The molecule has 0 aliphatic rings. The monoisotopic (exact) mass is 286 g/mol. The molecule has 5 heteroatoms. The van der Waals surface area contributed by atoms with E-state index in [2.05, 4.69) is 23.4 Å². The highest BCUT2D eigenvalue weighted by Gasteiger charge is 2.03. The van der Waals surface area contributed by atoms with Crippen molar-refractivity contribution in [2.45, 2.75) is 33.4 Å². The minimum Gasteiger partial charge on any atom is -0.313 e. The maximum atomic E-state index is 13.2. The molecule has 0 fully saturated rings. The van der Waals surface area contributed by atoms with E-state index >= 15 is 0 Å². The van der Waals surface area contributed by atoms with Gasteiger partial charge in [-0.05, 0) is 50.6 Å². The second kappa shape index (κ2) is 7.00. The van der Waals surface area contributed by atoms with Crippen LogP contribution < -0.4 is 5.32 Å². The standard InChI is InChI=1S/C16H19FN4/c1-12-8-13(2)21(20-12)7-3-6-19-11-14-4-5-16(17)15(9-14)10-18/h4-5,8-9,19H,3,6-7,11H2,1-2H3. The Hall–Kier alpha value is -2.19. The Bertz CT molecular complexity index is 655. The first-order valence-corrected chi connectivity index (χ1v) is 7.00. The first kappa shape index (κ1) is 15.2. The lowest BCUT2D eigenvalue weighted by atomic mass is 10.1. The summed E-state index contributed by atoms with van der Waals surface area (Å²) in [4.78, 5) is 0. The fraction of sp³-hybridized carbons (Fsp3) is 0.375. The van der Waals surface area contributed by atoms with Gasteiger partial charge in [-0.25, -0.2) is 4.39 Å². The number of benzene rings is 1. The van der Waals surface area contributed by atoms with Crippen LogP contribution in [0.5, 0.6) is 0 Å². The first-order chi connectivity index (χ1) is 10.1. The average Bonchev–Trinajstić information content (AvgIpc) is 2.78. The molecule has 0 saturated carbocycles. The summed E-state index contributed by atoms with van der Waals surface area (Å²) in [6, 6.07) is 8.54. The second-order valence-electron chi connectivity index (χ2n) is 5.11. The van der Waals surface area contributed by atoms with Gasteiger partial charge < -0.3 is 5.32 Å². The van der Waals surface area contributed by atoms with Crippen LogP contribution in [0.25, 0.3) is 0 Å². The van der Waals surface area contributed by atoms with Crippen LogP contribution in [0.3, 0.4) is 0 Å². The van der Waals surface area contributed by atoms with Gasteiger partial charge >= 0.3 is 0 Å².